The average molecular weight is 318 g/mol. The third-order valence-electron chi connectivity index (χ3n) is 3.67. The van der Waals surface area contributed by atoms with Gasteiger partial charge in [-0.15, -0.1) is 0 Å². The van der Waals surface area contributed by atoms with Gasteiger partial charge in [-0.3, -0.25) is 0 Å². The van der Waals surface area contributed by atoms with E-state index < -0.39 is 6.10 Å². The van der Waals surface area contributed by atoms with Crippen LogP contribution < -0.4 is 15.4 Å². The smallest absolute Gasteiger partial charge is 0.315 e. The Hall–Kier alpha value is -2.01. The van der Waals surface area contributed by atoms with E-state index in [2.05, 4.69) is 22.8 Å². The first-order chi connectivity index (χ1) is 11.0. The molecule has 5 nitrogen and oxygen atoms in total. The third kappa shape index (κ3) is 5.94. The van der Waals surface area contributed by atoms with Crippen LogP contribution in [-0.4, -0.2) is 29.8 Å². The van der Waals surface area contributed by atoms with E-state index in [1.54, 1.807) is 6.07 Å². The lowest BCUT2D eigenvalue weighted by molar-refractivity contribution is 0.171. The molecule has 0 aliphatic heterocycles. The Bertz CT molecular complexity index is 543. The Morgan fingerprint density at radius 1 is 1.39 bits per heavy atom. The Balaban J connectivity index is 1.80. The number of carbonyl (C=O) groups excluding carboxylic acids is 1. The molecule has 0 saturated carbocycles. The summed E-state index contributed by atoms with van der Waals surface area (Å²) in [5, 5.41) is 15.9. The standard InChI is InChI=1S/C18H26N2O3/c1-13(2)23-16-10-6-7-14(11-16)17(21)12-19-18(22)20-15-8-4-3-5-9-15/h3-4,6-7,10-11,13,15,17,21H,5,8-9,12H2,1-2H3,(H2,19,20,22). The number of aliphatic hydroxyl groups is 1. The van der Waals surface area contributed by atoms with Crippen molar-refractivity contribution >= 4 is 6.03 Å². The summed E-state index contributed by atoms with van der Waals surface area (Å²) in [7, 11) is 0. The highest BCUT2D eigenvalue weighted by Crippen LogP contribution is 2.20. The predicted octanol–water partition coefficient (Wildman–Crippen LogP) is 2.92. The highest BCUT2D eigenvalue weighted by molar-refractivity contribution is 5.74. The topological polar surface area (TPSA) is 70.6 Å². The molecule has 0 fully saturated rings. The van der Waals surface area contributed by atoms with Crippen molar-refractivity contribution in [1.29, 1.82) is 0 Å². The van der Waals surface area contributed by atoms with E-state index in [0.717, 1.165) is 30.6 Å². The van der Waals surface area contributed by atoms with Crippen molar-refractivity contribution in [2.45, 2.75) is 51.4 Å². The van der Waals surface area contributed by atoms with E-state index in [1.807, 2.05) is 32.0 Å². The van der Waals surface area contributed by atoms with Crippen molar-refractivity contribution in [3.8, 4) is 5.75 Å². The van der Waals surface area contributed by atoms with Crippen LogP contribution in [0.4, 0.5) is 4.79 Å². The van der Waals surface area contributed by atoms with Crippen LogP contribution in [0.2, 0.25) is 0 Å². The van der Waals surface area contributed by atoms with Gasteiger partial charge in [-0.1, -0.05) is 24.3 Å². The molecule has 1 aliphatic carbocycles. The van der Waals surface area contributed by atoms with Gasteiger partial charge in [0.15, 0.2) is 0 Å². The number of urea groups is 1. The van der Waals surface area contributed by atoms with Crippen LogP contribution in [0.3, 0.4) is 0 Å². The van der Waals surface area contributed by atoms with E-state index in [0.29, 0.717) is 0 Å². The number of hydrogen-bond donors (Lipinski definition) is 3. The van der Waals surface area contributed by atoms with E-state index in [9.17, 15) is 9.90 Å². The Kier molecular flexibility index (Phi) is 6.47. The molecule has 2 unspecified atom stereocenters. The molecule has 1 aromatic carbocycles. The van der Waals surface area contributed by atoms with Gasteiger partial charge >= 0.3 is 6.03 Å². The SMILES string of the molecule is CC(C)Oc1cccc(C(O)CNC(=O)NC2CC=CCC2)c1. The Morgan fingerprint density at radius 3 is 2.91 bits per heavy atom. The zero-order valence-electron chi connectivity index (χ0n) is 13.8. The van der Waals surface area contributed by atoms with Crippen molar-refractivity contribution in [3.63, 3.8) is 0 Å². The van der Waals surface area contributed by atoms with Crippen LogP contribution in [0.5, 0.6) is 5.75 Å². The first-order valence-electron chi connectivity index (χ1n) is 8.18. The van der Waals surface area contributed by atoms with E-state index >= 15 is 0 Å². The zero-order valence-corrected chi connectivity index (χ0v) is 13.8. The van der Waals surface area contributed by atoms with Crippen LogP contribution in [0.1, 0.15) is 44.8 Å². The van der Waals surface area contributed by atoms with Gasteiger partial charge in [0.25, 0.3) is 0 Å². The van der Waals surface area contributed by atoms with Crippen LogP contribution in [0.15, 0.2) is 36.4 Å². The van der Waals surface area contributed by atoms with Crippen LogP contribution in [-0.2, 0) is 0 Å². The molecular weight excluding hydrogens is 292 g/mol. The second kappa shape index (κ2) is 8.58. The molecule has 2 amide bonds. The largest absolute Gasteiger partial charge is 0.491 e. The first kappa shape index (κ1) is 17.3. The van der Waals surface area contributed by atoms with E-state index in [4.69, 9.17) is 4.74 Å². The van der Waals surface area contributed by atoms with Gasteiger partial charge in [-0.05, 0) is 50.8 Å². The first-order valence-corrected chi connectivity index (χ1v) is 8.18. The van der Waals surface area contributed by atoms with Gasteiger partial charge in [-0.2, -0.15) is 0 Å². The van der Waals surface area contributed by atoms with Gasteiger partial charge in [-0.25, -0.2) is 4.79 Å². The number of hydrogen-bond acceptors (Lipinski definition) is 3. The van der Waals surface area contributed by atoms with Crippen LogP contribution in [0, 0.1) is 0 Å². The van der Waals surface area contributed by atoms with Crippen LogP contribution in [0.25, 0.3) is 0 Å². The van der Waals surface area contributed by atoms with Crippen molar-refractivity contribution in [1.82, 2.24) is 10.6 Å². The molecule has 2 rings (SSSR count). The Labute approximate surface area is 137 Å². The number of amides is 2. The number of carbonyl (C=O) groups is 1. The van der Waals surface area contributed by atoms with Gasteiger partial charge in [0, 0.05) is 12.6 Å². The van der Waals surface area contributed by atoms with Crippen molar-refractivity contribution in [3.05, 3.63) is 42.0 Å². The fourth-order valence-electron chi connectivity index (χ4n) is 2.54. The number of aliphatic hydroxyl groups excluding tert-OH is 1. The molecular formula is C18H26N2O3. The van der Waals surface area contributed by atoms with Crippen LogP contribution >= 0.6 is 0 Å². The highest BCUT2D eigenvalue weighted by atomic mass is 16.5. The molecule has 126 valence electrons. The van der Waals surface area contributed by atoms with Gasteiger partial charge < -0.3 is 20.5 Å². The Morgan fingerprint density at radius 2 is 2.22 bits per heavy atom. The maximum Gasteiger partial charge on any atom is 0.315 e. The molecule has 0 saturated heterocycles. The molecule has 3 N–H and O–H groups in total. The van der Waals surface area contributed by atoms with Gasteiger partial charge in [0.1, 0.15) is 5.75 Å². The lowest BCUT2D eigenvalue weighted by atomic mass is 10.0. The zero-order chi connectivity index (χ0) is 16.7. The minimum absolute atomic E-state index is 0.0795. The number of benzene rings is 1. The fourth-order valence-corrected chi connectivity index (χ4v) is 2.54. The lowest BCUT2D eigenvalue weighted by Crippen LogP contribution is -2.43. The maximum absolute atomic E-state index is 11.9. The molecule has 0 aromatic heterocycles. The molecule has 0 spiro atoms. The summed E-state index contributed by atoms with van der Waals surface area (Å²) in [4.78, 5) is 11.9. The van der Waals surface area contributed by atoms with E-state index in [1.165, 1.54) is 0 Å². The monoisotopic (exact) mass is 318 g/mol. The lowest BCUT2D eigenvalue weighted by Gasteiger charge is -2.20. The molecule has 2 atom stereocenters. The summed E-state index contributed by atoms with van der Waals surface area (Å²) in [5.41, 5.74) is 0.726. The highest BCUT2D eigenvalue weighted by Gasteiger charge is 2.14. The number of allylic oxidation sites excluding steroid dienone is 1. The summed E-state index contributed by atoms with van der Waals surface area (Å²) >= 11 is 0. The summed E-state index contributed by atoms with van der Waals surface area (Å²) in [6.45, 7) is 4.07. The number of ether oxygens (including phenoxy) is 1. The minimum atomic E-state index is -0.761. The predicted molar refractivity (Wildman–Crippen MR) is 90.5 cm³/mol. The second-order valence-electron chi connectivity index (χ2n) is 6.09. The summed E-state index contributed by atoms with van der Waals surface area (Å²) < 4.78 is 5.61. The summed E-state index contributed by atoms with van der Waals surface area (Å²) in [5.74, 6) is 0.718. The molecule has 23 heavy (non-hydrogen) atoms. The molecule has 0 radical (unpaired) electrons. The molecule has 1 aromatic rings. The summed E-state index contributed by atoms with van der Waals surface area (Å²) in [6, 6.07) is 7.26. The maximum atomic E-state index is 11.9. The molecule has 0 bridgehead atoms. The van der Waals surface area contributed by atoms with Gasteiger partial charge in [0.05, 0.1) is 12.2 Å². The van der Waals surface area contributed by atoms with Crippen molar-refractivity contribution < 1.29 is 14.6 Å². The fraction of sp³-hybridized carbons (Fsp3) is 0.500. The minimum Gasteiger partial charge on any atom is -0.491 e. The summed E-state index contributed by atoms with van der Waals surface area (Å²) in [6.07, 6.45) is 6.36. The molecule has 0 heterocycles. The number of nitrogens with one attached hydrogen (secondary N) is 2. The molecule has 1 aliphatic rings. The van der Waals surface area contributed by atoms with Crippen molar-refractivity contribution in [2.24, 2.45) is 0 Å². The number of rotatable bonds is 6. The quantitative estimate of drug-likeness (QED) is 0.706. The molecule has 5 heteroatoms. The van der Waals surface area contributed by atoms with Gasteiger partial charge in [0.2, 0.25) is 0 Å². The third-order valence-corrected chi connectivity index (χ3v) is 3.67. The van der Waals surface area contributed by atoms with Crippen molar-refractivity contribution in [2.75, 3.05) is 6.54 Å². The van der Waals surface area contributed by atoms with E-state index in [-0.39, 0.29) is 24.7 Å². The normalized spacial score (nSPS) is 18.5. The average Bonchev–Trinajstić information content (AvgIpc) is 2.53. The second-order valence-corrected chi connectivity index (χ2v) is 6.09.